The number of nitrogens with zero attached hydrogens (tertiary/aromatic N) is 5. The highest BCUT2D eigenvalue weighted by molar-refractivity contribution is 6.02. The van der Waals surface area contributed by atoms with Gasteiger partial charge in [0.1, 0.15) is 11.9 Å². The highest BCUT2D eigenvalue weighted by Crippen LogP contribution is 2.28. The van der Waals surface area contributed by atoms with Gasteiger partial charge in [-0.1, -0.05) is 19.8 Å². The highest BCUT2D eigenvalue weighted by Gasteiger charge is 2.21. The third-order valence-electron chi connectivity index (χ3n) is 4.57. The number of nitrogens with one attached hydrogen (secondary N) is 1. The molecule has 0 spiro atoms. The van der Waals surface area contributed by atoms with Crippen LogP contribution in [0.1, 0.15) is 31.7 Å². The molecule has 9 heteroatoms. The Balaban J connectivity index is 1.97. The summed E-state index contributed by atoms with van der Waals surface area (Å²) in [5.74, 6) is -0.0239. The fourth-order valence-electron chi connectivity index (χ4n) is 2.97. The van der Waals surface area contributed by atoms with Crippen molar-refractivity contribution in [1.29, 1.82) is 5.26 Å². The van der Waals surface area contributed by atoms with Crippen LogP contribution < -0.4 is 16.0 Å². The van der Waals surface area contributed by atoms with Gasteiger partial charge in [-0.2, -0.15) is 5.26 Å². The van der Waals surface area contributed by atoms with Crippen LogP contribution in [0.4, 0.5) is 26.5 Å². The molecule has 3 aromatic rings. The summed E-state index contributed by atoms with van der Waals surface area (Å²) in [4.78, 5) is 27.0. The molecule has 158 valence electrons. The van der Waals surface area contributed by atoms with E-state index in [4.69, 9.17) is 11.0 Å². The van der Waals surface area contributed by atoms with E-state index in [2.05, 4.69) is 27.2 Å². The van der Waals surface area contributed by atoms with Gasteiger partial charge in [0.25, 0.3) is 0 Å². The van der Waals surface area contributed by atoms with Crippen molar-refractivity contribution in [3.8, 4) is 17.3 Å². The monoisotopic (exact) mass is 419 g/mol. The number of nitriles is 1. The van der Waals surface area contributed by atoms with Crippen LogP contribution in [0.2, 0.25) is 0 Å². The van der Waals surface area contributed by atoms with Crippen LogP contribution in [0, 0.1) is 17.1 Å². The van der Waals surface area contributed by atoms with Crippen molar-refractivity contribution >= 4 is 23.4 Å². The number of carbonyl (C=O) groups excluding carboxylic acids is 1. The van der Waals surface area contributed by atoms with Crippen molar-refractivity contribution < 1.29 is 9.18 Å². The van der Waals surface area contributed by atoms with Crippen molar-refractivity contribution in [3.05, 3.63) is 60.3 Å². The zero-order chi connectivity index (χ0) is 22.2. The summed E-state index contributed by atoms with van der Waals surface area (Å²) in [5, 5.41) is 11.8. The molecule has 3 N–H and O–H groups in total. The van der Waals surface area contributed by atoms with Crippen LogP contribution in [-0.2, 0) is 0 Å². The van der Waals surface area contributed by atoms with Crippen LogP contribution in [0.3, 0.4) is 0 Å². The number of benzene rings is 1. The zero-order valence-corrected chi connectivity index (χ0v) is 17.0. The summed E-state index contributed by atoms with van der Waals surface area (Å²) in [6.07, 6.45) is 7.09. The predicted molar refractivity (Wildman–Crippen MR) is 117 cm³/mol. The van der Waals surface area contributed by atoms with Gasteiger partial charge in [0.05, 0.1) is 23.1 Å². The smallest absolute Gasteiger partial charge is 0.328 e. The second kappa shape index (κ2) is 10.1. The summed E-state index contributed by atoms with van der Waals surface area (Å²) in [6, 6.07) is 8.83. The van der Waals surface area contributed by atoms with Gasteiger partial charge >= 0.3 is 6.03 Å². The third-order valence-corrected chi connectivity index (χ3v) is 4.57. The van der Waals surface area contributed by atoms with E-state index < -0.39 is 11.8 Å². The Morgan fingerprint density at radius 2 is 2.10 bits per heavy atom. The van der Waals surface area contributed by atoms with Crippen molar-refractivity contribution in [2.24, 2.45) is 0 Å². The number of aromatic nitrogens is 3. The standard InChI is InChI=1S/C22H22FN7O/c1-2-3-4-11-30(22(31)29-20-14-26-9-10-27-20)21-18(25)7-8-19(28-21)15-5-6-17(23)16(12-15)13-24/h5-10,12,14H,2-4,11,25H2,1H3,(H,27,29,31). The summed E-state index contributed by atoms with van der Waals surface area (Å²) in [7, 11) is 0. The van der Waals surface area contributed by atoms with Crippen LogP contribution >= 0.6 is 0 Å². The number of rotatable bonds is 7. The minimum Gasteiger partial charge on any atom is -0.396 e. The lowest BCUT2D eigenvalue weighted by atomic mass is 10.1. The van der Waals surface area contributed by atoms with E-state index in [-0.39, 0.29) is 11.4 Å². The lowest BCUT2D eigenvalue weighted by Crippen LogP contribution is -2.37. The second-order valence-corrected chi connectivity index (χ2v) is 6.80. The number of halogens is 1. The molecule has 2 aromatic heterocycles. The third kappa shape index (κ3) is 5.30. The summed E-state index contributed by atoms with van der Waals surface area (Å²) in [5.41, 5.74) is 7.40. The van der Waals surface area contributed by atoms with E-state index in [0.717, 1.165) is 19.3 Å². The Kier molecular flexibility index (Phi) is 7.06. The zero-order valence-electron chi connectivity index (χ0n) is 17.0. The van der Waals surface area contributed by atoms with Gasteiger partial charge in [-0.25, -0.2) is 19.2 Å². The molecule has 0 atom stereocenters. The number of nitrogens with two attached hydrogens (primary N) is 1. The van der Waals surface area contributed by atoms with E-state index in [9.17, 15) is 9.18 Å². The largest absolute Gasteiger partial charge is 0.396 e. The van der Waals surface area contributed by atoms with Gasteiger partial charge in [-0.15, -0.1) is 0 Å². The molecule has 0 aliphatic heterocycles. The van der Waals surface area contributed by atoms with Crippen LogP contribution in [-0.4, -0.2) is 27.5 Å². The number of unbranched alkanes of at least 4 members (excludes halogenated alkanes) is 2. The van der Waals surface area contributed by atoms with Crippen molar-refractivity contribution in [2.75, 3.05) is 22.5 Å². The molecule has 31 heavy (non-hydrogen) atoms. The normalized spacial score (nSPS) is 10.4. The summed E-state index contributed by atoms with van der Waals surface area (Å²) in [6.45, 7) is 2.46. The molecule has 8 nitrogen and oxygen atoms in total. The molecule has 0 radical (unpaired) electrons. The van der Waals surface area contributed by atoms with Crippen LogP contribution in [0.5, 0.6) is 0 Å². The van der Waals surface area contributed by atoms with Gasteiger partial charge < -0.3 is 5.73 Å². The molecule has 2 amide bonds. The first-order valence-corrected chi connectivity index (χ1v) is 9.84. The number of nitrogen functional groups attached to an aromatic ring is 1. The highest BCUT2D eigenvalue weighted by atomic mass is 19.1. The topological polar surface area (TPSA) is 121 Å². The van der Waals surface area contributed by atoms with E-state index in [0.29, 0.717) is 29.3 Å². The Labute approximate surface area is 179 Å². The number of amides is 2. The molecule has 0 bridgehead atoms. The molecule has 2 heterocycles. The maximum Gasteiger partial charge on any atom is 0.328 e. The summed E-state index contributed by atoms with van der Waals surface area (Å²) < 4.78 is 13.7. The Morgan fingerprint density at radius 3 is 2.81 bits per heavy atom. The maximum absolute atomic E-state index is 13.7. The maximum atomic E-state index is 13.7. The first-order valence-electron chi connectivity index (χ1n) is 9.84. The van der Waals surface area contributed by atoms with Crippen molar-refractivity contribution in [2.45, 2.75) is 26.2 Å². The fourth-order valence-corrected chi connectivity index (χ4v) is 2.97. The molecule has 0 saturated heterocycles. The first-order chi connectivity index (χ1) is 15.0. The predicted octanol–water partition coefficient (Wildman–Crippen LogP) is 4.36. The van der Waals surface area contributed by atoms with Gasteiger partial charge in [0.2, 0.25) is 0 Å². The molecular formula is C22H22FN7O. The Morgan fingerprint density at radius 1 is 1.26 bits per heavy atom. The number of hydrogen-bond acceptors (Lipinski definition) is 6. The van der Waals surface area contributed by atoms with Gasteiger partial charge in [0, 0.05) is 24.5 Å². The van der Waals surface area contributed by atoms with E-state index in [1.807, 2.05) is 6.07 Å². The second-order valence-electron chi connectivity index (χ2n) is 6.80. The van der Waals surface area contributed by atoms with Crippen molar-refractivity contribution in [1.82, 2.24) is 15.0 Å². The van der Waals surface area contributed by atoms with Gasteiger partial charge in [0.15, 0.2) is 11.6 Å². The molecule has 3 rings (SSSR count). The number of pyridine rings is 1. The molecule has 1 aromatic carbocycles. The Bertz CT molecular complexity index is 1100. The van der Waals surface area contributed by atoms with Gasteiger partial charge in [-0.05, 0) is 36.8 Å². The first kappa shape index (κ1) is 21.6. The minimum atomic E-state index is -0.605. The molecule has 0 aliphatic rings. The molecular weight excluding hydrogens is 397 g/mol. The quantitative estimate of drug-likeness (QED) is 0.549. The van der Waals surface area contributed by atoms with E-state index in [1.54, 1.807) is 12.1 Å². The number of urea groups is 1. The average Bonchev–Trinajstić information content (AvgIpc) is 2.78. The van der Waals surface area contributed by atoms with Crippen LogP contribution in [0.15, 0.2) is 48.9 Å². The summed E-state index contributed by atoms with van der Waals surface area (Å²) >= 11 is 0. The SMILES string of the molecule is CCCCCN(C(=O)Nc1cnccn1)c1nc(-c2ccc(F)c(C#N)c2)ccc1N. The van der Waals surface area contributed by atoms with E-state index in [1.165, 1.54) is 41.7 Å². The molecule has 0 unspecified atom stereocenters. The molecule has 0 aliphatic carbocycles. The number of hydrogen-bond donors (Lipinski definition) is 2. The lowest BCUT2D eigenvalue weighted by Gasteiger charge is -2.24. The van der Waals surface area contributed by atoms with E-state index >= 15 is 0 Å². The molecule has 0 fully saturated rings. The van der Waals surface area contributed by atoms with Crippen LogP contribution in [0.25, 0.3) is 11.3 Å². The number of anilines is 3. The number of carbonyl (C=O) groups is 1. The minimum absolute atomic E-state index is 0.0853. The lowest BCUT2D eigenvalue weighted by molar-refractivity contribution is 0.256. The Hall–Kier alpha value is -4.06. The van der Waals surface area contributed by atoms with Gasteiger partial charge in [-0.3, -0.25) is 15.2 Å². The average molecular weight is 419 g/mol. The molecule has 0 saturated carbocycles. The van der Waals surface area contributed by atoms with Crippen molar-refractivity contribution in [3.63, 3.8) is 0 Å². The fraction of sp³-hybridized carbons (Fsp3) is 0.227.